The van der Waals surface area contributed by atoms with Gasteiger partial charge in [-0.25, -0.2) is 9.37 Å². The van der Waals surface area contributed by atoms with Gasteiger partial charge in [-0.3, -0.25) is 4.68 Å². The SMILES string of the molecule is CCn1ncnc1CC(N)(CC)c1cccc(F)c1. The Bertz CT molecular complexity index is 552. The van der Waals surface area contributed by atoms with Crippen molar-refractivity contribution in [3.63, 3.8) is 0 Å². The van der Waals surface area contributed by atoms with Gasteiger partial charge in [-0.15, -0.1) is 0 Å². The number of nitrogens with two attached hydrogens (primary N) is 1. The zero-order valence-corrected chi connectivity index (χ0v) is 11.3. The summed E-state index contributed by atoms with van der Waals surface area (Å²) in [7, 11) is 0. The molecule has 0 aliphatic rings. The normalized spacial score (nSPS) is 14.3. The molecule has 2 N–H and O–H groups in total. The third-order valence-electron chi connectivity index (χ3n) is 3.50. The predicted octanol–water partition coefficient (Wildman–Crippen LogP) is 2.24. The summed E-state index contributed by atoms with van der Waals surface area (Å²) >= 11 is 0. The minimum absolute atomic E-state index is 0.266. The molecule has 5 heteroatoms. The van der Waals surface area contributed by atoms with E-state index in [1.54, 1.807) is 6.07 Å². The van der Waals surface area contributed by atoms with Gasteiger partial charge in [0.2, 0.25) is 0 Å². The summed E-state index contributed by atoms with van der Waals surface area (Å²) in [5.74, 6) is 0.564. The van der Waals surface area contributed by atoms with Gasteiger partial charge in [0, 0.05) is 18.5 Å². The summed E-state index contributed by atoms with van der Waals surface area (Å²) in [6.45, 7) is 4.75. The first-order valence-corrected chi connectivity index (χ1v) is 6.50. The van der Waals surface area contributed by atoms with E-state index in [0.29, 0.717) is 12.8 Å². The Kier molecular flexibility index (Phi) is 3.95. The Hall–Kier alpha value is -1.75. The second-order valence-electron chi connectivity index (χ2n) is 4.69. The van der Waals surface area contributed by atoms with Gasteiger partial charge in [0.05, 0.1) is 0 Å². The number of hydrogen-bond donors (Lipinski definition) is 1. The van der Waals surface area contributed by atoms with Crippen LogP contribution in [-0.4, -0.2) is 14.8 Å². The van der Waals surface area contributed by atoms with Crippen molar-refractivity contribution in [2.45, 2.75) is 38.8 Å². The molecule has 2 aromatic rings. The summed E-state index contributed by atoms with van der Waals surface area (Å²) in [5, 5.41) is 4.14. The molecule has 0 spiro atoms. The topological polar surface area (TPSA) is 56.7 Å². The zero-order chi connectivity index (χ0) is 13.9. The predicted molar refractivity (Wildman–Crippen MR) is 72.0 cm³/mol. The van der Waals surface area contributed by atoms with Crippen molar-refractivity contribution in [1.29, 1.82) is 0 Å². The molecule has 102 valence electrons. The smallest absolute Gasteiger partial charge is 0.138 e. The van der Waals surface area contributed by atoms with Crippen LogP contribution in [0.25, 0.3) is 0 Å². The number of benzene rings is 1. The molecule has 1 heterocycles. The lowest BCUT2D eigenvalue weighted by Gasteiger charge is -2.28. The Morgan fingerprint density at radius 3 is 2.79 bits per heavy atom. The standard InChI is InChI=1S/C14H19FN4/c1-3-14(16,11-6-5-7-12(15)8-11)9-13-17-10-18-19(13)4-2/h5-8,10H,3-4,9,16H2,1-2H3. The van der Waals surface area contributed by atoms with E-state index in [1.165, 1.54) is 18.5 Å². The molecular weight excluding hydrogens is 243 g/mol. The average Bonchev–Trinajstić information content (AvgIpc) is 2.85. The Labute approximate surface area is 112 Å². The van der Waals surface area contributed by atoms with Crippen LogP contribution in [0.1, 0.15) is 31.7 Å². The van der Waals surface area contributed by atoms with Crippen molar-refractivity contribution in [2.75, 3.05) is 0 Å². The number of aryl methyl sites for hydroxylation is 1. The van der Waals surface area contributed by atoms with E-state index in [9.17, 15) is 4.39 Å². The van der Waals surface area contributed by atoms with E-state index < -0.39 is 5.54 Å². The third kappa shape index (κ3) is 2.81. The van der Waals surface area contributed by atoms with Gasteiger partial charge in [-0.2, -0.15) is 5.10 Å². The highest BCUT2D eigenvalue weighted by molar-refractivity contribution is 5.26. The molecule has 4 nitrogen and oxygen atoms in total. The van der Waals surface area contributed by atoms with E-state index in [-0.39, 0.29) is 5.82 Å². The minimum Gasteiger partial charge on any atom is -0.321 e. The molecule has 0 saturated carbocycles. The third-order valence-corrected chi connectivity index (χ3v) is 3.50. The van der Waals surface area contributed by atoms with Crippen LogP contribution >= 0.6 is 0 Å². The lowest BCUT2D eigenvalue weighted by atomic mass is 9.85. The Balaban J connectivity index is 2.33. The van der Waals surface area contributed by atoms with E-state index in [1.807, 2.05) is 24.6 Å². The Morgan fingerprint density at radius 1 is 1.37 bits per heavy atom. The molecular formula is C14H19FN4. The summed E-state index contributed by atoms with van der Waals surface area (Å²) in [6.07, 6.45) is 2.77. The number of rotatable bonds is 5. The average molecular weight is 262 g/mol. The van der Waals surface area contributed by atoms with Crippen molar-refractivity contribution in [3.8, 4) is 0 Å². The largest absolute Gasteiger partial charge is 0.321 e. The summed E-state index contributed by atoms with van der Waals surface area (Å²) in [4.78, 5) is 4.25. The first-order chi connectivity index (χ1) is 9.09. The van der Waals surface area contributed by atoms with Crippen LogP contribution in [0.15, 0.2) is 30.6 Å². The molecule has 0 saturated heterocycles. The zero-order valence-electron chi connectivity index (χ0n) is 11.3. The molecule has 0 amide bonds. The molecule has 2 rings (SSSR count). The van der Waals surface area contributed by atoms with Gasteiger partial charge in [0.15, 0.2) is 0 Å². The van der Waals surface area contributed by atoms with Crippen LogP contribution in [-0.2, 0) is 18.5 Å². The second kappa shape index (κ2) is 5.48. The van der Waals surface area contributed by atoms with Crippen molar-refractivity contribution < 1.29 is 4.39 Å². The van der Waals surface area contributed by atoms with E-state index >= 15 is 0 Å². The number of halogens is 1. The lowest BCUT2D eigenvalue weighted by Crippen LogP contribution is -2.39. The van der Waals surface area contributed by atoms with Crippen molar-refractivity contribution in [2.24, 2.45) is 5.73 Å². The minimum atomic E-state index is -0.623. The Morgan fingerprint density at radius 2 is 2.16 bits per heavy atom. The summed E-state index contributed by atoms with van der Waals surface area (Å²) in [5.41, 5.74) is 6.62. The maximum atomic E-state index is 13.4. The van der Waals surface area contributed by atoms with Crippen LogP contribution in [0.4, 0.5) is 4.39 Å². The molecule has 1 aromatic heterocycles. The first-order valence-electron chi connectivity index (χ1n) is 6.50. The van der Waals surface area contributed by atoms with E-state index in [0.717, 1.165) is 17.9 Å². The van der Waals surface area contributed by atoms with Gasteiger partial charge in [0.1, 0.15) is 18.0 Å². The van der Waals surface area contributed by atoms with Crippen LogP contribution < -0.4 is 5.73 Å². The molecule has 1 unspecified atom stereocenters. The highest BCUT2D eigenvalue weighted by Crippen LogP contribution is 2.26. The van der Waals surface area contributed by atoms with E-state index in [4.69, 9.17) is 5.73 Å². The van der Waals surface area contributed by atoms with Crippen molar-refractivity contribution >= 4 is 0 Å². The van der Waals surface area contributed by atoms with Crippen molar-refractivity contribution in [3.05, 3.63) is 47.8 Å². The van der Waals surface area contributed by atoms with Gasteiger partial charge in [-0.05, 0) is 31.0 Å². The van der Waals surface area contributed by atoms with Gasteiger partial charge in [-0.1, -0.05) is 19.1 Å². The van der Waals surface area contributed by atoms with Gasteiger partial charge in [0.25, 0.3) is 0 Å². The fraction of sp³-hybridized carbons (Fsp3) is 0.429. The maximum absolute atomic E-state index is 13.4. The number of aromatic nitrogens is 3. The molecule has 19 heavy (non-hydrogen) atoms. The van der Waals surface area contributed by atoms with Gasteiger partial charge >= 0.3 is 0 Å². The molecule has 0 aliphatic carbocycles. The monoisotopic (exact) mass is 262 g/mol. The highest BCUT2D eigenvalue weighted by Gasteiger charge is 2.28. The molecule has 0 fully saturated rings. The molecule has 1 atom stereocenters. The molecule has 1 aromatic carbocycles. The van der Waals surface area contributed by atoms with E-state index in [2.05, 4.69) is 10.1 Å². The number of nitrogens with zero attached hydrogens (tertiary/aromatic N) is 3. The fourth-order valence-corrected chi connectivity index (χ4v) is 2.20. The number of hydrogen-bond acceptors (Lipinski definition) is 3. The molecule has 0 radical (unpaired) electrons. The molecule has 0 bridgehead atoms. The quantitative estimate of drug-likeness (QED) is 0.899. The molecule has 0 aliphatic heterocycles. The second-order valence-corrected chi connectivity index (χ2v) is 4.69. The van der Waals surface area contributed by atoms with Crippen molar-refractivity contribution in [1.82, 2.24) is 14.8 Å². The van der Waals surface area contributed by atoms with Crippen LogP contribution in [0, 0.1) is 5.82 Å². The van der Waals surface area contributed by atoms with Crippen LogP contribution in [0.2, 0.25) is 0 Å². The lowest BCUT2D eigenvalue weighted by molar-refractivity contribution is 0.400. The van der Waals surface area contributed by atoms with Crippen LogP contribution in [0.3, 0.4) is 0 Å². The summed E-state index contributed by atoms with van der Waals surface area (Å²) < 4.78 is 15.2. The highest BCUT2D eigenvalue weighted by atomic mass is 19.1. The first kappa shape index (κ1) is 13.7. The van der Waals surface area contributed by atoms with Crippen LogP contribution in [0.5, 0.6) is 0 Å². The fourth-order valence-electron chi connectivity index (χ4n) is 2.20. The van der Waals surface area contributed by atoms with Gasteiger partial charge < -0.3 is 5.73 Å². The maximum Gasteiger partial charge on any atom is 0.138 e. The summed E-state index contributed by atoms with van der Waals surface area (Å²) in [6, 6.07) is 6.47.